The molecule has 0 amide bonds. The van der Waals surface area contributed by atoms with E-state index in [1.165, 1.54) is 0 Å². The summed E-state index contributed by atoms with van der Waals surface area (Å²) in [5.74, 6) is 2.48. The van der Waals surface area contributed by atoms with E-state index in [1.807, 2.05) is 25.1 Å². The van der Waals surface area contributed by atoms with Gasteiger partial charge < -0.3 is 18.6 Å². The molecule has 0 aliphatic carbocycles. The minimum absolute atomic E-state index is 0.374. The summed E-state index contributed by atoms with van der Waals surface area (Å²) in [6.45, 7) is 8.47. The van der Waals surface area contributed by atoms with Gasteiger partial charge in [-0.15, -0.1) is 0 Å². The highest BCUT2D eigenvalue weighted by atomic mass is 16.5. The number of ether oxygens (including phenoxy) is 3. The molecule has 1 aliphatic rings. The molecule has 0 unspecified atom stereocenters. The Bertz CT molecular complexity index is 1150. The first kappa shape index (κ1) is 20.3. The van der Waals surface area contributed by atoms with Gasteiger partial charge in [-0.2, -0.15) is 0 Å². The van der Waals surface area contributed by atoms with Crippen LogP contribution in [0.2, 0.25) is 0 Å². The lowest BCUT2D eigenvalue weighted by Gasteiger charge is -2.30. The molecule has 0 bridgehead atoms. The highest BCUT2D eigenvalue weighted by Gasteiger charge is 2.24. The van der Waals surface area contributed by atoms with Gasteiger partial charge in [0.2, 0.25) is 0 Å². The molecule has 0 radical (unpaired) electrons. The molecule has 2 heterocycles. The number of aryl methyl sites for hydroxylation is 1. The van der Waals surface area contributed by atoms with Gasteiger partial charge in [0.25, 0.3) is 0 Å². The zero-order chi connectivity index (χ0) is 21.4. The van der Waals surface area contributed by atoms with Crippen molar-refractivity contribution in [2.45, 2.75) is 27.3 Å². The summed E-state index contributed by atoms with van der Waals surface area (Å²) in [5.41, 5.74) is 3.29. The zero-order valence-corrected chi connectivity index (χ0v) is 18.1. The van der Waals surface area contributed by atoms with Crippen LogP contribution in [0.15, 0.2) is 39.5 Å². The fourth-order valence-electron chi connectivity index (χ4n) is 4.13. The maximum absolute atomic E-state index is 13.1. The molecule has 1 aliphatic heterocycles. The van der Waals surface area contributed by atoms with Crippen LogP contribution >= 0.6 is 0 Å². The highest BCUT2D eigenvalue weighted by molar-refractivity contribution is 5.90. The quantitative estimate of drug-likeness (QED) is 0.574. The first-order chi connectivity index (χ1) is 14.4. The summed E-state index contributed by atoms with van der Waals surface area (Å²) >= 11 is 0. The van der Waals surface area contributed by atoms with Crippen LogP contribution in [-0.2, 0) is 6.54 Å². The summed E-state index contributed by atoms with van der Waals surface area (Å²) in [6.07, 6.45) is 0. The zero-order valence-electron chi connectivity index (χ0n) is 18.1. The molecular formula is C24H27NO5. The van der Waals surface area contributed by atoms with Crippen molar-refractivity contribution in [3.05, 3.63) is 51.9 Å². The number of fused-ring (bicyclic) bond motifs is 3. The molecular weight excluding hydrogens is 382 g/mol. The van der Waals surface area contributed by atoms with E-state index in [2.05, 4.69) is 18.7 Å². The first-order valence-electron chi connectivity index (χ1n) is 10.1. The second-order valence-corrected chi connectivity index (χ2v) is 8.06. The molecule has 6 nitrogen and oxygen atoms in total. The van der Waals surface area contributed by atoms with Crippen molar-refractivity contribution < 1.29 is 18.6 Å². The Balaban J connectivity index is 1.85. The monoisotopic (exact) mass is 409 g/mol. The van der Waals surface area contributed by atoms with E-state index in [-0.39, 0.29) is 5.63 Å². The fraction of sp³-hybridized carbons (Fsp3) is 0.375. The Kier molecular flexibility index (Phi) is 5.43. The molecule has 158 valence electrons. The minimum atomic E-state index is -0.374. The van der Waals surface area contributed by atoms with E-state index in [1.54, 1.807) is 26.4 Å². The van der Waals surface area contributed by atoms with E-state index in [0.717, 1.165) is 34.4 Å². The van der Waals surface area contributed by atoms with Gasteiger partial charge >= 0.3 is 5.63 Å². The van der Waals surface area contributed by atoms with Gasteiger partial charge in [0.1, 0.15) is 18.1 Å². The molecule has 3 aromatic rings. The summed E-state index contributed by atoms with van der Waals surface area (Å²) < 4.78 is 22.5. The van der Waals surface area contributed by atoms with Crippen molar-refractivity contribution in [3.8, 4) is 28.4 Å². The summed E-state index contributed by atoms with van der Waals surface area (Å²) in [5, 5.41) is 0.910. The fourth-order valence-corrected chi connectivity index (χ4v) is 4.13. The molecule has 0 atom stereocenters. The number of hydrogen-bond acceptors (Lipinski definition) is 6. The number of hydrogen-bond donors (Lipinski definition) is 0. The average Bonchev–Trinajstić information content (AvgIpc) is 2.73. The SMILES string of the molecule is COc1ccc(-c2c(C)c3ccc4c(c3oc2=O)CN(CC(C)C)CO4)cc1OC. The van der Waals surface area contributed by atoms with Crippen molar-refractivity contribution in [3.63, 3.8) is 0 Å². The Hall–Kier alpha value is -2.99. The van der Waals surface area contributed by atoms with Crippen LogP contribution in [-0.4, -0.2) is 32.4 Å². The molecule has 6 heteroatoms. The predicted molar refractivity (Wildman–Crippen MR) is 117 cm³/mol. The van der Waals surface area contributed by atoms with Gasteiger partial charge in [-0.05, 0) is 48.2 Å². The van der Waals surface area contributed by atoms with Gasteiger partial charge in [-0.25, -0.2) is 4.79 Å². The number of rotatable bonds is 5. The Labute approximate surface area is 176 Å². The highest BCUT2D eigenvalue weighted by Crippen LogP contribution is 2.37. The molecule has 0 saturated carbocycles. The second kappa shape index (κ2) is 8.03. The van der Waals surface area contributed by atoms with Crippen molar-refractivity contribution >= 4 is 11.0 Å². The molecule has 0 N–H and O–H groups in total. The average molecular weight is 409 g/mol. The maximum Gasteiger partial charge on any atom is 0.344 e. The molecule has 2 aromatic carbocycles. The smallest absolute Gasteiger partial charge is 0.344 e. The van der Waals surface area contributed by atoms with Crippen LogP contribution in [0.25, 0.3) is 22.1 Å². The minimum Gasteiger partial charge on any atom is -0.493 e. The molecule has 1 aromatic heterocycles. The van der Waals surface area contributed by atoms with Gasteiger partial charge in [-0.3, -0.25) is 4.90 Å². The van der Waals surface area contributed by atoms with Crippen LogP contribution in [0, 0.1) is 12.8 Å². The molecule has 30 heavy (non-hydrogen) atoms. The molecule has 0 fully saturated rings. The maximum atomic E-state index is 13.1. The molecule has 4 rings (SSSR count). The summed E-state index contributed by atoms with van der Waals surface area (Å²) in [6, 6.07) is 9.38. The lowest BCUT2D eigenvalue weighted by molar-refractivity contribution is 0.0848. The summed E-state index contributed by atoms with van der Waals surface area (Å²) in [7, 11) is 3.16. The van der Waals surface area contributed by atoms with E-state index < -0.39 is 0 Å². The lowest BCUT2D eigenvalue weighted by atomic mass is 9.97. The largest absolute Gasteiger partial charge is 0.493 e. The Morgan fingerprint density at radius 2 is 1.87 bits per heavy atom. The molecule has 0 spiro atoms. The number of benzene rings is 2. The molecule has 0 saturated heterocycles. The number of nitrogens with zero attached hydrogens (tertiary/aromatic N) is 1. The normalized spacial score (nSPS) is 13.9. The van der Waals surface area contributed by atoms with Crippen LogP contribution < -0.4 is 19.8 Å². The summed E-state index contributed by atoms with van der Waals surface area (Å²) in [4.78, 5) is 15.3. The third-order valence-electron chi connectivity index (χ3n) is 5.48. The van der Waals surface area contributed by atoms with E-state index in [9.17, 15) is 4.79 Å². The van der Waals surface area contributed by atoms with Crippen molar-refractivity contribution in [1.82, 2.24) is 4.90 Å². The van der Waals surface area contributed by atoms with E-state index >= 15 is 0 Å². The third-order valence-corrected chi connectivity index (χ3v) is 5.48. The first-order valence-corrected chi connectivity index (χ1v) is 10.1. The van der Waals surface area contributed by atoms with Crippen LogP contribution in [0.5, 0.6) is 17.2 Å². The standard InChI is InChI=1S/C24H27NO5/c1-14(2)11-25-12-18-19(29-13-25)9-7-17-15(3)22(24(26)30-23(17)18)16-6-8-20(27-4)21(10-16)28-5/h6-10,14H,11-13H2,1-5H3. The van der Waals surface area contributed by atoms with Gasteiger partial charge in [0.15, 0.2) is 11.5 Å². The Morgan fingerprint density at radius 1 is 1.10 bits per heavy atom. The lowest BCUT2D eigenvalue weighted by Crippen LogP contribution is -2.34. The second-order valence-electron chi connectivity index (χ2n) is 8.06. The van der Waals surface area contributed by atoms with Gasteiger partial charge in [0.05, 0.1) is 25.3 Å². The number of methoxy groups -OCH3 is 2. The Morgan fingerprint density at radius 3 is 2.57 bits per heavy atom. The van der Waals surface area contributed by atoms with Gasteiger partial charge in [-0.1, -0.05) is 19.9 Å². The topological polar surface area (TPSA) is 61.1 Å². The van der Waals surface area contributed by atoms with Crippen molar-refractivity contribution in [1.29, 1.82) is 0 Å². The van der Waals surface area contributed by atoms with E-state index in [4.69, 9.17) is 18.6 Å². The van der Waals surface area contributed by atoms with Crippen LogP contribution in [0.1, 0.15) is 25.0 Å². The van der Waals surface area contributed by atoms with Crippen LogP contribution in [0.3, 0.4) is 0 Å². The van der Waals surface area contributed by atoms with E-state index in [0.29, 0.717) is 41.8 Å². The van der Waals surface area contributed by atoms with Crippen LogP contribution in [0.4, 0.5) is 0 Å². The van der Waals surface area contributed by atoms with Gasteiger partial charge in [0, 0.05) is 18.5 Å². The predicted octanol–water partition coefficient (Wildman–Crippen LogP) is 4.59. The van der Waals surface area contributed by atoms with Crippen molar-refractivity contribution in [2.24, 2.45) is 5.92 Å². The van der Waals surface area contributed by atoms with Crippen molar-refractivity contribution in [2.75, 3.05) is 27.5 Å². The third kappa shape index (κ3) is 3.52.